The SMILES string of the molecule is COCCC(=O)NC(C)CN. The number of hydrogen-bond donors (Lipinski definition) is 2. The molecule has 11 heavy (non-hydrogen) atoms. The number of rotatable bonds is 5. The molecule has 3 N–H and O–H groups in total. The van der Waals surface area contributed by atoms with Gasteiger partial charge in [-0.2, -0.15) is 0 Å². The molecule has 0 radical (unpaired) electrons. The summed E-state index contributed by atoms with van der Waals surface area (Å²) in [7, 11) is 1.57. The van der Waals surface area contributed by atoms with Crippen molar-refractivity contribution in [3.05, 3.63) is 0 Å². The largest absolute Gasteiger partial charge is 0.384 e. The van der Waals surface area contributed by atoms with Gasteiger partial charge in [-0.3, -0.25) is 4.79 Å². The highest BCUT2D eigenvalue weighted by Gasteiger charge is 2.03. The van der Waals surface area contributed by atoms with Gasteiger partial charge in [0.2, 0.25) is 5.91 Å². The average Bonchev–Trinajstić information content (AvgIpc) is 2.00. The highest BCUT2D eigenvalue weighted by atomic mass is 16.5. The molecular formula is C7H16N2O2. The first-order chi connectivity index (χ1) is 5.20. The summed E-state index contributed by atoms with van der Waals surface area (Å²) in [5, 5.41) is 2.72. The Balaban J connectivity index is 3.36. The van der Waals surface area contributed by atoms with Crippen LogP contribution in [0.3, 0.4) is 0 Å². The summed E-state index contributed by atoms with van der Waals surface area (Å²) in [6, 6.07) is 0.0550. The molecule has 0 aromatic heterocycles. The maximum atomic E-state index is 10.9. The highest BCUT2D eigenvalue weighted by Crippen LogP contribution is 1.83. The summed E-state index contributed by atoms with van der Waals surface area (Å²) in [6.07, 6.45) is 0.404. The van der Waals surface area contributed by atoms with Crippen LogP contribution in [0.1, 0.15) is 13.3 Å². The van der Waals surface area contributed by atoms with Crippen molar-refractivity contribution in [1.82, 2.24) is 5.32 Å². The van der Waals surface area contributed by atoms with Crippen molar-refractivity contribution in [2.75, 3.05) is 20.3 Å². The van der Waals surface area contributed by atoms with Crippen molar-refractivity contribution in [2.24, 2.45) is 5.73 Å². The monoisotopic (exact) mass is 160 g/mol. The van der Waals surface area contributed by atoms with Crippen molar-refractivity contribution in [3.8, 4) is 0 Å². The average molecular weight is 160 g/mol. The lowest BCUT2D eigenvalue weighted by Gasteiger charge is -2.10. The molecular weight excluding hydrogens is 144 g/mol. The molecule has 0 heterocycles. The summed E-state index contributed by atoms with van der Waals surface area (Å²) in [5.74, 6) is -0.00944. The van der Waals surface area contributed by atoms with Crippen molar-refractivity contribution in [1.29, 1.82) is 0 Å². The Hall–Kier alpha value is -0.610. The van der Waals surface area contributed by atoms with Crippen LogP contribution in [0.4, 0.5) is 0 Å². The molecule has 0 aromatic rings. The van der Waals surface area contributed by atoms with Crippen LogP contribution < -0.4 is 11.1 Å². The Morgan fingerprint density at radius 3 is 2.82 bits per heavy atom. The minimum Gasteiger partial charge on any atom is -0.384 e. The van der Waals surface area contributed by atoms with Crippen LogP contribution >= 0.6 is 0 Å². The molecule has 0 saturated carbocycles. The van der Waals surface area contributed by atoms with Crippen LogP contribution in [0.25, 0.3) is 0 Å². The summed E-state index contributed by atoms with van der Waals surface area (Å²) in [5.41, 5.74) is 5.30. The summed E-state index contributed by atoms with van der Waals surface area (Å²) < 4.78 is 4.74. The zero-order valence-corrected chi connectivity index (χ0v) is 7.09. The first-order valence-electron chi connectivity index (χ1n) is 3.69. The topological polar surface area (TPSA) is 64.3 Å². The van der Waals surface area contributed by atoms with E-state index in [4.69, 9.17) is 10.5 Å². The van der Waals surface area contributed by atoms with Crippen LogP contribution in [0, 0.1) is 0 Å². The minimum atomic E-state index is -0.00944. The normalized spacial score (nSPS) is 12.6. The van der Waals surface area contributed by atoms with Gasteiger partial charge < -0.3 is 15.8 Å². The van der Waals surface area contributed by atoms with Gasteiger partial charge in [0.05, 0.1) is 6.61 Å². The number of amides is 1. The molecule has 1 atom stereocenters. The van der Waals surface area contributed by atoms with Gasteiger partial charge in [0.25, 0.3) is 0 Å². The standard InChI is InChI=1S/C7H16N2O2/c1-6(5-8)9-7(10)3-4-11-2/h6H,3-5,8H2,1-2H3,(H,9,10). The molecule has 4 heteroatoms. The zero-order chi connectivity index (χ0) is 8.69. The third kappa shape index (κ3) is 5.82. The molecule has 0 aliphatic carbocycles. The van der Waals surface area contributed by atoms with Crippen LogP contribution in [-0.4, -0.2) is 32.2 Å². The van der Waals surface area contributed by atoms with Gasteiger partial charge in [-0.15, -0.1) is 0 Å². The lowest BCUT2D eigenvalue weighted by molar-refractivity contribution is -0.122. The van der Waals surface area contributed by atoms with Gasteiger partial charge in [-0.1, -0.05) is 0 Å². The first-order valence-corrected chi connectivity index (χ1v) is 3.69. The molecule has 0 aliphatic heterocycles. The molecule has 0 aromatic carbocycles. The van der Waals surface area contributed by atoms with E-state index in [0.717, 1.165) is 0 Å². The fourth-order valence-electron chi connectivity index (χ4n) is 0.601. The van der Waals surface area contributed by atoms with E-state index in [-0.39, 0.29) is 11.9 Å². The highest BCUT2D eigenvalue weighted by molar-refractivity contribution is 5.76. The van der Waals surface area contributed by atoms with Gasteiger partial charge in [0.1, 0.15) is 0 Å². The van der Waals surface area contributed by atoms with Gasteiger partial charge in [0.15, 0.2) is 0 Å². The van der Waals surface area contributed by atoms with Gasteiger partial charge in [0, 0.05) is 26.1 Å². The summed E-state index contributed by atoms with van der Waals surface area (Å²) >= 11 is 0. The number of carbonyl (C=O) groups excluding carboxylic acids is 1. The van der Waals surface area contributed by atoms with E-state index in [1.807, 2.05) is 6.92 Å². The fraction of sp³-hybridized carbons (Fsp3) is 0.857. The smallest absolute Gasteiger partial charge is 0.222 e. The second-order valence-electron chi connectivity index (χ2n) is 2.45. The van der Waals surface area contributed by atoms with E-state index in [1.54, 1.807) is 7.11 Å². The third-order valence-electron chi connectivity index (χ3n) is 1.29. The lowest BCUT2D eigenvalue weighted by Crippen LogP contribution is -2.38. The second kappa shape index (κ2) is 6.12. The Morgan fingerprint density at radius 1 is 1.73 bits per heavy atom. The van der Waals surface area contributed by atoms with Crippen molar-refractivity contribution >= 4 is 5.91 Å². The van der Waals surface area contributed by atoms with Gasteiger partial charge >= 0.3 is 0 Å². The van der Waals surface area contributed by atoms with Crippen molar-refractivity contribution in [3.63, 3.8) is 0 Å². The third-order valence-corrected chi connectivity index (χ3v) is 1.29. The molecule has 0 rings (SSSR count). The van der Waals surface area contributed by atoms with E-state index in [2.05, 4.69) is 5.32 Å². The molecule has 4 nitrogen and oxygen atoms in total. The van der Waals surface area contributed by atoms with E-state index < -0.39 is 0 Å². The number of nitrogens with one attached hydrogen (secondary N) is 1. The summed E-state index contributed by atoms with van der Waals surface area (Å²) in [4.78, 5) is 10.9. The van der Waals surface area contributed by atoms with Crippen LogP contribution in [0.2, 0.25) is 0 Å². The minimum absolute atomic E-state index is 0.00944. The van der Waals surface area contributed by atoms with Crippen LogP contribution in [0.5, 0.6) is 0 Å². The Kier molecular flexibility index (Phi) is 5.78. The maximum Gasteiger partial charge on any atom is 0.222 e. The molecule has 66 valence electrons. The Morgan fingerprint density at radius 2 is 2.36 bits per heavy atom. The molecule has 0 bridgehead atoms. The number of ether oxygens (including phenoxy) is 1. The number of carbonyl (C=O) groups is 1. The molecule has 0 aliphatic rings. The second-order valence-corrected chi connectivity index (χ2v) is 2.45. The van der Waals surface area contributed by atoms with E-state index in [1.165, 1.54) is 0 Å². The number of methoxy groups -OCH3 is 1. The molecule has 0 fully saturated rings. The molecule has 1 unspecified atom stereocenters. The maximum absolute atomic E-state index is 10.9. The van der Waals surface area contributed by atoms with E-state index in [9.17, 15) is 4.79 Å². The quantitative estimate of drug-likeness (QED) is 0.569. The van der Waals surface area contributed by atoms with Gasteiger partial charge in [-0.05, 0) is 6.92 Å². The fourth-order valence-corrected chi connectivity index (χ4v) is 0.601. The number of nitrogens with two attached hydrogens (primary N) is 1. The molecule has 0 saturated heterocycles. The van der Waals surface area contributed by atoms with Crippen molar-refractivity contribution in [2.45, 2.75) is 19.4 Å². The Labute approximate surface area is 67.1 Å². The van der Waals surface area contributed by atoms with Crippen molar-refractivity contribution < 1.29 is 9.53 Å². The van der Waals surface area contributed by atoms with Gasteiger partial charge in [-0.25, -0.2) is 0 Å². The summed E-state index contributed by atoms with van der Waals surface area (Å²) in [6.45, 7) is 2.80. The number of hydrogen-bond acceptors (Lipinski definition) is 3. The van der Waals surface area contributed by atoms with Crippen LogP contribution in [0.15, 0.2) is 0 Å². The lowest BCUT2D eigenvalue weighted by atomic mass is 10.3. The van der Waals surface area contributed by atoms with E-state index in [0.29, 0.717) is 19.6 Å². The first kappa shape index (κ1) is 10.4. The Bertz CT molecular complexity index is 117. The predicted octanol–water partition coefficient (Wildman–Crippen LogP) is -0.514. The predicted molar refractivity (Wildman–Crippen MR) is 43.2 cm³/mol. The molecule has 0 spiro atoms. The van der Waals surface area contributed by atoms with E-state index >= 15 is 0 Å². The van der Waals surface area contributed by atoms with Crippen LogP contribution in [-0.2, 0) is 9.53 Å². The molecule has 1 amide bonds. The zero-order valence-electron chi connectivity index (χ0n) is 7.09.